The SMILES string of the molecule is CC1C(C)[C@H](C)OC(CO)[C@H]1C.CCC1OC=CC(C)[C@@H]1O.CCC1O[C@@H](OCC2O[C@@H](C)C(C)C(C)[C@@H]2C)C(C)C(C)[C@@H]1C.CCC1O[C@@H](OCC2O[C@H](O[C@H]3C(C)C=COC3CC)C(C)C(C)[C@@H]2C)C(C)C(C)[C@@H]1C. The second-order valence-electron chi connectivity index (χ2n) is 26.1. The minimum absolute atomic E-state index is 0.000000000000000222. The van der Waals surface area contributed by atoms with E-state index in [1.807, 2.05) is 26.2 Å². The van der Waals surface area contributed by atoms with E-state index in [1.165, 1.54) is 0 Å². The number of aliphatic hydroxyl groups is 2. The molecule has 0 aromatic carbocycles. The first kappa shape index (κ1) is 68.2. The van der Waals surface area contributed by atoms with Crippen LogP contribution in [0.4, 0.5) is 0 Å². The van der Waals surface area contributed by atoms with E-state index in [2.05, 4.69) is 151 Å². The van der Waals surface area contributed by atoms with Crippen molar-refractivity contribution in [3.8, 4) is 0 Å². The highest BCUT2D eigenvalue weighted by Gasteiger charge is 2.46. The molecule has 12 nitrogen and oxygen atoms in total. The zero-order valence-electron chi connectivity index (χ0n) is 53.1. The zero-order chi connectivity index (χ0) is 57.7. The van der Waals surface area contributed by atoms with Crippen LogP contribution >= 0.6 is 0 Å². The van der Waals surface area contributed by atoms with Crippen LogP contribution in [0.1, 0.15) is 185 Å². The normalized spacial score (nSPS) is 48.8. The van der Waals surface area contributed by atoms with Crippen LogP contribution < -0.4 is 0 Å². The molecule has 0 aromatic heterocycles. The van der Waals surface area contributed by atoms with Crippen molar-refractivity contribution in [2.24, 2.45) is 101 Å². The first-order valence-electron chi connectivity index (χ1n) is 31.4. The molecule has 452 valence electrons. The predicted molar refractivity (Wildman–Crippen MR) is 310 cm³/mol. The van der Waals surface area contributed by atoms with Gasteiger partial charge in [0.1, 0.15) is 18.3 Å². The predicted octanol–water partition coefficient (Wildman–Crippen LogP) is 13.7. The highest BCUT2D eigenvalue weighted by molar-refractivity contribution is 4.97. The second kappa shape index (κ2) is 31.9. The molecular weight excluding hydrogens is 973 g/mol. The van der Waals surface area contributed by atoms with Crippen LogP contribution in [0.5, 0.6) is 0 Å². The average molecular weight is 1090 g/mol. The van der Waals surface area contributed by atoms with E-state index >= 15 is 0 Å². The molecule has 19 unspecified atom stereocenters. The standard InChI is InChI=1S/C27H48O5.C20H38O3.C10H20O2.C8H14O2/c1-10-22-18(6)16(4)20(8)26(30-22)29-14-24-19(7)17(5)21(9)27(31-24)32-25-15(3)12-13-28-23(25)11-2;1-9-18-14(5)12(3)16(7)20(23-18)21-10-19-15(6)11(2)13(4)17(8)22-19;1-6-7(2)9(4)12-10(5-11)8(6)3;1-3-7-8(9)6(2)4-5-10-7/h12-13,15-27H,10-11,14H2,1-9H3;11-20H,9-10H2,1-8H3;6-11H,5H2,1-4H3;4-9H,3H2,1-2H3/t15?,16?,17?,18-,19-,20?,21?,22?,23?,24?,25-,26+,27+;11?,12?,13?,14-,15-,16?,17-,18?,19?,20+;6?,7?,8-,9-,10?;6?,7?,8-/m0000/s1. The Morgan fingerprint density at radius 3 is 1.10 bits per heavy atom. The first-order chi connectivity index (χ1) is 36.3. The number of hydrogen-bond acceptors (Lipinski definition) is 12. The maximum absolute atomic E-state index is 9.46. The largest absolute Gasteiger partial charge is 0.496 e. The molecule has 7 aliphatic rings. The van der Waals surface area contributed by atoms with Gasteiger partial charge >= 0.3 is 0 Å². The van der Waals surface area contributed by atoms with Gasteiger partial charge in [0.2, 0.25) is 0 Å². The average Bonchev–Trinajstić information content (AvgIpc) is 3.42. The smallest absolute Gasteiger partial charge is 0.161 e. The summed E-state index contributed by atoms with van der Waals surface area (Å²) in [6.07, 6.45) is 12.0. The van der Waals surface area contributed by atoms with Crippen molar-refractivity contribution in [1.82, 2.24) is 0 Å². The maximum atomic E-state index is 9.46. The summed E-state index contributed by atoms with van der Waals surface area (Å²) >= 11 is 0. The van der Waals surface area contributed by atoms with Gasteiger partial charge in [-0.25, -0.2) is 0 Å². The minimum atomic E-state index is -0.324. The lowest BCUT2D eigenvalue weighted by Gasteiger charge is -2.47. The second-order valence-corrected chi connectivity index (χ2v) is 26.1. The monoisotopic (exact) mass is 1090 g/mol. The molecule has 2 N–H and O–H groups in total. The van der Waals surface area contributed by atoms with Crippen LogP contribution in [-0.2, 0) is 47.4 Å². The van der Waals surface area contributed by atoms with Crippen molar-refractivity contribution in [2.45, 2.75) is 271 Å². The first-order valence-corrected chi connectivity index (χ1v) is 31.4. The number of rotatable bonds is 13. The summed E-state index contributed by atoms with van der Waals surface area (Å²) in [4.78, 5) is 0. The summed E-state index contributed by atoms with van der Waals surface area (Å²) in [5.41, 5.74) is 0. The van der Waals surface area contributed by atoms with E-state index in [9.17, 15) is 5.11 Å². The molecule has 0 spiro atoms. The van der Waals surface area contributed by atoms with E-state index < -0.39 is 0 Å². The quantitative estimate of drug-likeness (QED) is 0.182. The van der Waals surface area contributed by atoms with Crippen LogP contribution in [0.2, 0.25) is 0 Å². The molecule has 7 rings (SSSR count). The van der Waals surface area contributed by atoms with Crippen molar-refractivity contribution in [3.63, 3.8) is 0 Å². The van der Waals surface area contributed by atoms with E-state index in [1.54, 1.807) is 6.26 Å². The molecular formula is C65H120O12. The highest BCUT2D eigenvalue weighted by Crippen LogP contribution is 2.42. The molecule has 0 amide bonds. The van der Waals surface area contributed by atoms with Crippen molar-refractivity contribution in [1.29, 1.82) is 0 Å². The van der Waals surface area contributed by atoms with E-state index in [-0.39, 0.29) is 86.3 Å². The molecule has 31 atom stereocenters. The van der Waals surface area contributed by atoms with E-state index in [4.69, 9.17) is 52.5 Å². The molecule has 0 bridgehead atoms. The van der Waals surface area contributed by atoms with Crippen molar-refractivity contribution in [2.75, 3.05) is 19.8 Å². The van der Waals surface area contributed by atoms with Gasteiger partial charge in [0.15, 0.2) is 18.9 Å². The summed E-state index contributed by atoms with van der Waals surface area (Å²) in [6.45, 7) is 52.6. The van der Waals surface area contributed by atoms with Crippen molar-refractivity contribution < 1.29 is 57.6 Å². The molecule has 0 aliphatic carbocycles. The lowest BCUT2D eigenvalue weighted by atomic mass is 9.77. The summed E-state index contributed by atoms with van der Waals surface area (Å²) in [6, 6.07) is 0. The summed E-state index contributed by atoms with van der Waals surface area (Å²) < 4.78 is 61.4. The highest BCUT2D eigenvalue weighted by atomic mass is 16.7. The maximum Gasteiger partial charge on any atom is 0.161 e. The van der Waals surface area contributed by atoms with Gasteiger partial charge in [-0.3, -0.25) is 0 Å². The zero-order valence-corrected chi connectivity index (χ0v) is 53.1. The Kier molecular flexibility index (Phi) is 28.3. The Morgan fingerprint density at radius 2 is 0.688 bits per heavy atom. The Hall–Kier alpha value is -1.32. The van der Waals surface area contributed by atoms with Gasteiger partial charge in [-0.05, 0) is 123 Å². The van der Waals surface area contributed by atoms with Gasteiger partial charge in [0, 0.05) is 29.6 Å². The van der Waals surface area contributed by atoms with E-state index in [0.29, 0.717) is 120 Å². The van der Waals surface area contributed by atoms with Crippen molar-refractivity contribution >= 4 is 0 Å². The van der Waals surface area contributed by atoms with Gasteiger partial charge < -0.3 is 57.6 Å². The van der Waals surface area contributed by atoms with Gasteiger partial charge in [-0.2, -0.15) is 0 Å². The summed E-state index contributed by atoms with van der Waals surface area (Å²) in [5, 5.41) is 18.5. The van der Waals surface area contributed by atoms with Crippen LogP contribution in [-0.4, -0.2) is 116 Å². The Balaban J connectivity index is 0.000000245. The van der Waals surface area contributed by atoms with E-state index in [0.717, 1.165) is 25.7 Å². The molecule has 7 heterocycles. The number of ether oxygens (including phenoxy) is 10. The minimum Gasteiger partial charge on any atom is -0.496 e. The lowest BCUT2D eigenvalue weighted by Crippen LogP contribution is -2.52. The molecule has 0 saturated carbocycles. The molecule has 12 heteroatoms. The summed E-state index contributed by atoms with van der Waals surface area (Å²) in [7, 11) is 0. The van der Waals surface area contributed by atoms with Crippen LogP contribution in [0.3, 0.4) is 0 Å². The fraction of sp³-hybridized carbons (Fsp3) is 0.938. The third-order valence-corrected chi connectivity index (χ3v) is 21.7. The third kappa shape index (κ3) is 17.4. The van der Waals surface area contributed by atoms with Crippen molar-refractivity contribution in [3.05, 3.63) is 24.7 Å². The fourth-order valence-corrected chi connectivity index (χ4v) is 13.1. The molecule has 5 fully saturated rings. The number of aliphatic hydroxyl groups excluding tert-OH is 2. The molecule has 5 saturated heterocycles. The Bertz CT molecular complexity index is 1690. The topological polar surface area (TPSA) is 133 Å². The van der Waals surface area contributed by atoms with Crippen LogP contribution in [0.25, 0.3) is 0 Å². The molecule has 0 radical (unpaired) electrons. The molecule has 77 heavy (non-hydrogen) atoms. The summed E-state index contributed by atoms with van der Waals surface area (Å²) in [5.74, 6) is 8.39. The molecule has 7 aliphatic heterocycles. The fourth-order valence-electron chi connectivity index (χ4n) is 13.1. The van der Waals surface area contributed by atoms with Gasteiger partial charge in [0.05, 0.1) is 81.2 Å². The van der Waals surface area contributed by atoms with Gasteiger partial charge in [-0.1, -0.05) is 145 Å². The van der Waals surface area contributed by atoms with Crippen LogP contribution in [0, 0.1) is 101 Å². The van der Waals surface area contributed by atoms with Gasteiger partial charge in [0.25, 0.3) is 0 Å². The number of hydrogen-bond donors (Lipinski definition) is 2. The third-order valence-electron chi connectivity index (χ3n) is 21.7. The Morgan fingerprint density at radius 1 is 0.351 bits per heavy atom. The van der Waals surface area contributed by atoms with Crippen LogP contribution in [0.15, 0.2) is 24.7 Å². The van der Waals surface area contributed by atoms with Gasteiger partial charge in [-0.15, -0.1) is 0 Å². The molecule has 0 aromatic rings. The lowest BCUT2D eigenvalue weighted by molar-refractivity contribution is -0.304. The Labute approximate surface area is 471 Å².